The van der Waals surface area contributed by atoms with Crippen molar-refractivity contribution >= 4 is 44.6 Å². The molecule has 3 rings (SSSR count). The van der Waals surface area contributed by atoms with Crippen LogP contribution in [0.15, 0.2) is 71.6 Å². The first-order valence-electron chi connectivity index (χ1n) is 9.48. The van der Waals surface area contributed by atoms with Crippen molar-refractivity contribution in [3.8, 4) is 0 Å². The highest BCUT2D eigenvalue weighted by atomic mass is 35.5. The molecule has 1 N–H and O–H groups in total. The van der Waals surface area contributed by atoms with E-state index in [0.29, 0.717) is 11.3 Å². The Balaban J connectivity index is 2.06. The maximum Gasteiger partial charge on any atom is 0.289 e. The number of carbonyl (C=O) groups is 1. The third-order valence-corrected chi connectivity index (χ3v) is 6.74. The Kier molecular flexibility index (Phi) is 6.81. The van der Waals surface area contributed by atoms with Gasteiger partial charge in [-0.25, -0.2) is 8.42 Å². The smallest absolute Gasteiger partial charge is 0.289 e. The molecule has 0 heterocycles. The lowest BCUT2D eigenvalue weighted by Crippen LogP contribution is -2.38. The van der Waals surface area contributed by atoms with Crippen molar-refractivity contribution < 1.29 is 18.1 Å². The van der Waals surface area contributed by atoms with Crippen LogP contribution in [0.25, 0.3) is 0 Å². The number of para-hydroxylation sites is 1. The summed E-state index contributed by atoms with van der Waals surface area (Å²) in [5.74, 6) is -0.566. The van der Waals surface area contributed by atoms with Crippen LogP contribution in [0.1, 0.15) is 11.1 Å². The number of halogens is 1. The third kappa shape index (κ3) is 5.06. The Bertz CT molecular complexity index is 1280. The molecule has 0 atom stereocenters. The molecule has 8 nitrogen and oxygen atoms in total. The monoisotopic (exact) mass is 473 g/mol. The second-order valence-electron chi connectivity index (χ2n) is 7.09. The molecule has 0 fully saturated rings. The zero-order valence-electron chi connectivity index (χ0n) is 17.3. The second kappa shape index (κ2) is 9.37. The molecule has 166 valence electrons. The van der Waals surface area contributed by atoms with Gasteiger partial charge in [-0.2, -0.15) is 0 Å². The van der Waals surface area contributed by atoms with Gasteiger partial charge in [-0.3, -0.25) is 19.2 Å². The van der Waals surface area contributed by atoms with Crippen LogP contribution in [0.2, 0.25) is 5.02 Å². The Morgan fingerprint density at radius 2 is 1.75 bits per heavy atom. The number of rotatable bonds is 7. The fourth-order valence-electron chi connectivity index (χ4n) is 3.16. The third-order valence-electron chi connectivity index (χ3n) is 4.67. The molecule has 32 heavy (non-hydrogen) atoms. The highest BCUT2D eigenvalue weighted by Crippen LogP contribution is 2.32. The molecular formula is C22H20ClN3O5S. The van der Waals surface area contributed by atoms with E-state index in [1.165, 1.54) is 6.07 Å². The molecule has 0 spiro atoms. The number of anilines is 2. The van der Waals surface area contributed by atoms with Crippen LogP contribution in [0, 0.1) is 24.0 Å². The van der Waals surface area contributed by atoms with Crippen molar-refractivity contribution in [1.82, 2.24) is 0 Å². The topological polar surface area (TPSA) is 110 Å². The molecule has 0 aliphatic rings. The second-order valence-corrected chi connectivity index (χ2v) is 9.36. The molecule has 3 aromatic carbocycles. The summed E-state index contributed by atoms with van der Waals surface area (Å²) >= 11 is 5.84. The predicted octanol–water partition coefficient (Wildman–Crippen LogP) is 4.70. The minimum Gasteiger partial charge on any atom is -0.325 e. The van der Waals surface area contributed by atoms with Gasteiger partial charge >= 0.3 is 0 Å². The van der Waals surface area contributed by atoms with E-state index >= 15 is 0 Å². The van der Waals surface area contributed by atoms with Crippen LogP contribution in [-0.2, 0) is 14.8 Å². The largest absolute Gasteiger partial charge is 0.325 e. The number of carbonyl (C=O) groups excluding carboxylic acids is 1. The molecule has 0 saturated heterocycles. The number of nitrogens with one attached hydrogen (secondary N) is 1. The summed E-state index contributed by atoms with van der Waals surface area (Å²) in [5.41, 5.74) is 1.81. The van der Waals surface area contributed by atoms with Crippen molar-refractivity contribution in [3.05, 3.63) is 93.0 Å². The van der Waals surface area contributed by atoms with Crippen molar-refractivity contribution in [2.24, 2.45) is 0 Å². The quantitative estimate of drug-likeness (QED) is 0.395. The van der Waals surface area contributed by atoms with Crippen LogP contribution in [0.3, 0.4) is 0 Å². The van der Waals surface area contributed by atoms with E-state index in [4.69, 9.17) is 11.6 Å². The SMILES string of the molecule is Cc1ccc(N(CC(=O)Nc2ccccc2)S(=O)(=O)c2ccc(Cl)c([N+](=O)[O-])c2)c(C)c1. The fraction of sp³-hybridized carbons (Fsp3) is 0.136. The van der Waals surface area contributed by atoms with Crippen molar-refractivity contribution in [2.75, 3.05) is 16.2 Å². The number of nitro groups is 1. The van der Waals surface area contributed by atoms with Crippen LogP contribution in [0.4, 0.5) is 17.1 Å². The molecule has 1 amide bonds. The van der Waals surface area contributed by atoms with Gasteiger partial charge < -0.3 is 5.32 Å². The standard InChI is InChI=1S/C22H20ClN3O5S/c1-15-8-11-20(16(2)12-15)25(14-22(27)24-17-6-4-3-5-7-17)32(30,31)18-9-10-19(23)21(13-18)26(28)29/h3-13H,14H2,1-2H3,(H,24,27). The highest BCUT2D eigenvalue weighted by Gasteiger charge is 2.30. The first-order chi connectivity index (χ1) is 15.1. The summed E-state index contributed by atoms with van der Waals surface area (Å²) < 4.78 is 28.0. The Morgan fingerprint density at radius 3 is 2.38 bits per heavy atom. The zero-order chi connectivity index (χ0) is 23.5. The first-order valence-corrected chi connectivity index (χ1v) is 11.3. The lowest BCUT2D eigenvalue weighted by atomic mass is 10.1. The molecule has 0 aromatic heterocycles. The van der Waals surface area contributed by atoms with E-state index in [1.54, 1.807) is 55.5 Å². The van der Waals surface area contributed by atoms with Crippen molar-refractivity contribution in [3.63, 3.8) is 0 Å². The predicted molar refractivity (Wildman–Crippen MR) is 124 cm³/mol. The zero-order valence-corrected chi connectivity index (χ0v) is 18.9. The van der Waals surface area contributed by atoms with E-state index < -0.39 is 33.1 Å². The van der Waals surface area contributed by atoms with Gasteiger partial charge in [0.1, 0.15) is 11.6 Å². The van der Waals surface area contributed by atoms with Gasteiger partial charge in [0, 0.05) is 11.8 Å². The van der Waals surface area contributed by atoms with Gasteiger partial charge in [0.25, 0.3) is 15.7 Å². The van der Waals surface area contributed by atoms with Crippen LogP contribution in [0.5, 0.6) is 0 Å². The van der Waals surface area contributed by atoms with Gasteiger partial charge in [0.05, 0.1) is 15.5 Å². The van der Waals surface area contributed by atoms with Gasteiger partial charge in [0.15, 0.2) is 0 Å². The average molecular weight is 474 g/mol. The van der Waals surface area contributed by atoms with E-state index in [0.717, 1.165) is 22.0 Å². The molecular weight excluding hydrogens is 454 g/mol. The average Bonchev–Trinajstić information content (AvgIpc) is 2.73. The summed E-state index contributed by atoms with van der Waals surface area (Å²) in [4.78, 5) is 22.9. The number of sulfonamides is 1. The number of nitro benzene ring substituents is 1. The number of hydrogen-bond donors (Lipinski definition) is 1. The van der Waals surface area contributed by atoms with Gasteiger partial charge in [-0.15, -0.1) is 0 Å². The molecule has 0 radical (unpaired) electrons. The lowest BCUT2D eigenvalue weighted by molar-refractivity contribution is -0.384. The van der Waals surface area contributed by atoms with Gasteiger partial charge in [-0.05, 0) is 49.7 Å². The number of hydrogen-bond acceptors (Lipinski definition) is 5. The van der Waals surface area contributed by atoms with Crippen molar-refractivity contribution in [2.45, 2.75) is 18.7 Å². The number of aryl methyl sites for hydroxylation is 2. The first kappa shape index (κ1) is 23.2. The molecule has 10 heteroatoms. The summed E-state index contributed by atoms with van der Waals surface area (Å²) in [6.07, 6.45) is 0. The van der Waals surface area contributed by atoms with E-state index in [1.807, 2.05) is 6.92 Å². The van der Waals surface area contributed by atoms with E-state index in [9.17, 15) is 23.3 Å². The minimum atomic E-state index is -4.34. The van der Waals surface area contributed by atoms with E-state index in [2.05, 4.69) is 5.32 Å². The van der Waals surface area contributed by atoms with Gasteiger partial charge in [-0.1, -0.05) is 47.5 Å². The molecule has 3 aromatic rings. The normalized spacial score (nSPS) is 11.1. The number of benzene rings is 3. The lowest BCUT2D eigenvalue weighted by Gasteiger charge is -2.26. The summed E-state index contributed by atoms with van der Waals surface area (Å²) in [6, 6.07) is 16.9. The van der Waals surface area contributed by atoms with Crippen LogP contribution in [-0.4, -0.2) is 25.8 Å². The molecule has 0 unspecified atom stereocenters. The molecule has 0 aliphatic heterocycles. The summed E-state index contributed by atoms with van der Waals surface area (Å²) in [7, 11) is -4.34. The Morgan fingerprint density at radius 1 is 1.06 bits per heavy atom. The maximum absolute atomic E-state index is 13.5. The molecule has 0 aliphatic carbocycles. The number of amides is 1. The minimum absolute atomic E-state index is 0.186. The molecule has 0 bridgehead atoms. The Hall–Kier alpha value is -3.43. The maximum atomic E-state index is 13.5. The van der Waals surface area contributed by atoms with Crippen molar-refractivity contribution in [1.29, 1.82) is 0 Å². The Labute approximate surface area is 190 Å². The van der Waals surface area contributed by atoms with Crippen LogP contribution < -0.4 is 9.62 Å². The number of nitrogens with zero attached hydrogens (tertiary/aromatic N) is 2. The van der Waals surface area contributed by atoms with E-state index in [-0.39, 0.29) is 15.6 Å². The summed E-state index contributed by atoms with van der Waals surface area (Å²) in [5, 5.41) is 13.7. The molecule has 0 saturated carbocycles. The summed E-state index contributed by atoms with van der Waals surface area (Å²) in [6.45, 7) is 3.06. The highest BCUT2D eigenvalue weighted by molar-refractivity contribution is 7.92. The van der Waals surface area contributed by atoms with Crippen LogP contribution >= 0.6 is 11.6 Å². The fourth-order valence-corrected chi connectivity index (χ4v) is 4.85. The van der Waals surface area contributed by atoms with Gasteiger partial charge in [0.2, 0.25) is 5.91 Å².